The molecule has 0 amide bonds. The van der Waals surface area contributed by atoms with E-state index in [-0.39, 0.29) is 6.61 Å². The van der Waals surface area contributed by atoms with E-state index in [1.54, 1.807) is 0 Å². The quantitative estimate of drug-likeness (QED) is 0.241. The topological polar surface area (TPSA) is 146 Å². The van der Waals surface area contributed by atoms with Crippen LogP contribution in [0.3, 0.4) is 0 Å². The summed E-state index contributed by atoms with van der Waals surface area (Å²) in [5, 5.41) is 38.0. The van der Waals surface area contributed by atoms with E-state index in [4.69, 9.17) is 14.1 Å². The molecule has 0 spiro atoms. The Hall–Kier alpha value is -3.73. The van der Waals surface area contributed by atoms with Crippen molar-refractivity contribution in [1.82, 2.24) is 15.0 Å². The van der Waals surface area contributed by atoms with Gasteiger partial charge in [0.25, 0.3) is 0 Å². The highest BCUT2D eigenvalue weighted by Crippen LogP contribution is 2.38. The smallest absolute Gasteiger partial charge is 0.229 e. The highest BCUT2D eigenvalue weighted by molar-refractivity contribution is 5.88. The standard InChI is InChI=1S/C27H31N5O5/c1-4-36-21-12-16-11-20(37-25(16)15(3)28-21)22-14(2)29-27(30-18-8-6-5-7-9-18)32-26(22)31-19-10-17(13-33)23(34)24(19)35/h5-9,11-12,17,19,23-24,33-35H,4,10,13H2,1-3H3,(H2,29,30,31,32)/t17-,19-,23-,24+/m1/s1. The number of hydrogen-bond acceptors (Lipinski definition) is 10. The number of para-hydroxylation sites is 1. The third-order valence-corrected chi connectivity index (χ3v) is 6.66. The number of furan rings is 1. The van der Waals surface area contributed by atoms with Crippen LogP contribution in [-0.2, 0) is 0 Å². The molecule has 10 nitrogen and oxygen atoms in total. The van der Waals surface area contributed by atoms with Crippen molar-refractivity contribution < 1.29 is 24.5 Å². The van der Waals surface area contributed by atoms with E-state index >= 15 is 0 Å². The molecule has 10 heteroatoms. The summed E-state index contributed by atoms with van der Waals surface area (Å²) in [5.41, 5.74) is 3.43. The molecular weight excluding hydrogens is 474 g/mol. The van der Waals surface area contributed by atoms with Crippen molar-refractivity contribution in [2.24, 2.45) is 5.92 Å². The summed E-state index contributed by atoms with van der Waals surface area (Å²) in [6.07, 6.45) is -1.72. The Bertz CT molecular complexity index is 1390. The molecule has 1 aliphatic rings. The summed E-state index contributed by atoms with van der Waals surface area (Å²) in [7, 11) is 0. The van der Waals surface area contributed by atoms with Gasteiger partial charge in [-0.3, -0.25) is 0 Å². The van der Waals surface area contributed by atoms with Gasteiger partial charge in [-0.05, 0) is 45.4 Å². The van der Waals surface area contributed by atoms with E-state index in [1.165, 1.54) is 0 Å². The van der Waals surface area contributed by atoms with Crippen LogP contribution < -0.4 is 15.4 Å². The first-order valence-corrected chi connectivity index (χ1v) is 12.4. The first kappa shape index (κ1) is 24.9. The van der Waals surface area contributed by atoms with Crippen LogP contribution in [0.2, 0.25) is 0 Å². The molecule has 0 bridgehead atoms. The van der Waals surface area contributed by atoms with Gasteiger partial charge in [0, 0.05) is 29.7 Å². The monoisotopic (exact) mass is 505 g/mol. The van der Waals surface area contributed by atoms with Crippen LogP contribution >= 0.6 is 0 Å². The predicted octanol–water partition coefficient (Wildman–Crippen LogP) is 3.56. The number of nitrogens with zero attached hydrogens (tertiary/aromatic N) is 3. The Labute approximate surface area is 214 Å². The minimum absolute atomic E-state index is 0.217. The maximum Gasteiger partial charge on any atom is 0.229 e. The number of nitrogens with one attached hydrogen (secondary N) is 2. The number of benzene rings is 1. The Morgan fingerprint density at radius 3 is 2.51 bits per heavy atom. The third-order valence-electron chi connectivity index (χ3n) is 6.66. The summed E-state index contributed by atoms with van der Waals surface area (Å²) in [6, 6.07) is 12.8. The van der Waals surface area contributed by atoms with Crippen molar-refractivity contribution in [2.45, 2.75) is 45.4 Å². The molecule has 37 heavy (non-hydrogen) atoms. The molecule has 1 aliphatic carbocycles. The van der Waals surface area contributed by atoms with E-state index < -0.39 is 24.2 Å². The molecule has 0 aliphatic heterocycles. The number of anilines is 3. The van der Waals surface area contributed by atoms with E-state index in [0.717, 1.165) is 11.1 Å². The molecule has 1 aromatic carbocycles. The molecule has 194 valence electrons. The maximum absolute atomic E-state index is 10.7. The third kappa shape index (κ3) is 4.95. The van der Waals surface area contributed by atoms with Crippen LogP contribution in [0.25, 0.3) is 22.3 Å². The lowest BCUT2D eigenvalue weighted by Gasteiger charge is -2.21. The molecule has 4 atom stereocenters. The average molecular weight is 506 g/mol. The number of aryl methyl sites for hydroxylation is 2. The van der Waals surface area contributed by atoms with Crippen LogP contribution in [0, 0.1) is 19.8 Å². The predicted molar refractivity (Wildman–Crippen MR) is 140 cm³/mol. The highest BCUT2D eigenvalue weighted by Gasteiger charge is 2.41. The Morgan fingerprint density at radius 1 is 1.03 bits per heavy atom. The van der Waals surface area contributed by atoms with Crippen LogP contribution in [0.1, 0.15) is 24.7 Å². The van der Waals surface area contributed by atoms with Crippen LogP contribution in [-0.4, -0.2) is 61.7 Å². The van der Waals surface area contributed by atoms with Gasteiger partial charge in [0.1, 0.15) is 17.7 Å². The van der Waals surface area contributed by atoms with Crippen LogP contribution in [0.4, 0.5) is 17.5 Å². The molecule has 3 aromatic heterocycles. The van der Waals surface area contributed by atoms with Gasteiger partial charge >= 0.3 is 0 Å². The fourth-order valence-electron chi connectivity index (χ4n) is 4.82. The van der Waals surface area contributed by atoms with Gasteiger partial charge in [-0.2, -0.15) is 4.98 Å². The minimum atomic E-state index is -1.07. The number of fused-ring (bicyclic) bond motifs is 1. The molecule has 1 fully saturated rings. The van der Waals surface area contributed by atoms with E-state index in [9.17, 15) is 15.3 Å². The highest BCUT2D eigenvalue weighted by atomic mass is 16.5. The first-order chi connectivity index (χ1) is 17.9. The number of aromatic nitrogens is 3. The van der Waals surface area contributed by atoms with Crippen molar-refractivity contribution in [3.05, 3.63) is 53.9 Å². The SMILES string of the molecule is CCOc1cc2cc(-c3c(C)nc(Nc4ccccc4)nc3N[C@@H]3C[C@H](CO)[C@@H](O)[C@H]3O)oc2c(C)n1. The van der Waals surface area contributed by atoms with Crippen molar-refractivity contribution in [1.29, 1.82) is 0 Å². The Kier molecular flexibility index (Phi) is 6.96. The second-order valence-electron chi connectivity index (χ2n) is 9.27. The molecule has 5 rings (SSSR count). The van der Waals surface area contributed by atoms with Gasteiger partial charge in [-0.15, -0.1) is 0 Å². The van der Waals surface area contributed by atoms with Crippen molar-refractivity contribution in [3.8, 4) is 17.2 Å². The lowest BCUT2D eigenvalue weighted by Crippen LogP contribution is -2.35. The van der Waals surface area contributed by atoms with E-state index in [1.807, 2.05) is 63.2 Å². The fourth-order valence-corrected chi connectivity index (χ4v) is 4.82. The van der Waals surface area contributed by atoms with Crippen molar-refractivity contribution in [2.75, 3.05) is 23.8 Å². The van der Waals surface area contributed by atoms with Crippen molar-refractivity contribution >= 4 is 28.4 Å². The van der Waals surface area contributed by atoms with Gasteiger partial charge in [0.15, 0.2) is 5.58 Å². The number of aliphatic hydroxyl groups excluding tert-OH is 3. The molecule has 0 unspecified atom stereocenters. The largest absolute Gasteiger partial charge is 0.478 e. The lowest BCUT2D eigenvalue weighted by atomic mass is 10.1. The first-order valence-electron chi connectivity index (χ1n) is 12.4. The van der Waals surface area contributed by atoms with Gasteiger partial charge in [0.2, 0.25) is 11.8 Å². The summed E-state index contributed by atoms with van der Waals surface area (Å²) >= 11 is 0. The fraction of sp³-hybridized carbons (Fsp3) is 0.370. The molecule has 0 radical (unpaired) electrons. The second kappa shape index (κ2) is 10.3. The number of aliphatic hydroxyl groups is 3. The lowest BCUT2D eigenvalue weighted by molar-refractivity contribution is 0.00446. The summed E-state index contributed by atoms with van der Waals surface area (Å²) in [6.45, 7) is 5.91. The van der Waals surface area contributed by atoms with E-state index in [2.05, 4.69) is 20.6 Å². The zero-order chi connectivity index (χ0) is 26.1. The second-order valence-corrected chi connectivity index (χ2v) is 9.27. The number of ether oxygens (including phenoxy) is 1. The van der Waals surface area contributed by atoms with Crippen molar-refractivity contribution in [3.63, 3.8) is 0 Å². The summed E-state index contributed by atoms with van der Waals surface area (Å²) in [4.78, 5) is 13.9. The molecule has 3 heterocycles. The minimum Gasteiger partial charge on any atom is -0.478 e. The zero-order valence-electron chi connectivity index (χ0n) is 21.0. The Balaban J connectivity index is 1.58. The Morgan fingerprint density at radius 2 is 1.81 bits per heavy atom. The number of hydrogen-bond donors (Lipinski definition) is 5. The van der Waals surface area contributed by atoms with Gasteiger partial charge in [-0.1, -0.05) is 18.2 Å². The number of rotatable bonds is 8. The molecular formula is C27H31N5O5. The molecule has 0 saturated heterocycles. The molecule has 4 aromatic rings. The van der Waals surface area contributed by atoms with Crippen LogP contribution in [0.15, 0.2) is 46.9 Å². The normalized spacial score (nSPS) is 21.4. The number of pyridine rings is 1. The van der Waals surface area contributed by atoms with Crippen LogP contribution in [0.5, 0.6) is 5.88 Å². The molecule has 5 N–H and O–H groups in total. The van der Waals surface area contributed by atoms with E-state index in [0.29, 0.717) is 59.0 Å². The van der Waals surface area contributed by atoms with Gasteiger partial charge in [0.05, 0.1) is 35.7 Å². The maximum atomic E-state index is 10.7. The summed E-state index contributed by atoms with van der Waals surface area (Å²) in [5.74, 6) is 1.43. The van der Waals surface area contributed by atoms with Gasteiger partial charge < -0.3 is 35.1 Å². The molecule has 1 saturated carbocycles. The van der Waals surface area contributed by atoms with Gasteiger partial charge in [-0.25, -0.2) is 9.97 Å². The summed E-state index contributed by atoms with van der Waals surface area (Å²) < 4.78 is 11.8. The average Bonchev–Trinajstić information content (AvgIpc) is 3.41. The zero-order valence-corrected chi connectivity index (χ0v) is 21.0.